The Kier molecular flexibility index (Phi) is 15.2. The summed E-state index contributed by atoms with van der Waals surface area (Å²) < 4.78 is 45.3. The summed E-state index contributed by atoms with van der Waals surface area (Å²) >= 11 is 1.53. The fourth-order valence-electron chi connectivity index (χ4n) is 6.03. The summed E-state index contributed by atoms with van der Waals surface area (Å²) in [4.78, 5) is 20.5. The number of phenols is 2. The summed E-state index contributed by atoms with van der Waals surface area (Å²) in [6.45, 7) is 11.8. The number of aliphatic hydroxyl groups is 1. The largest absolute Gasteiger partial charge is 0.507 e. The van der Waals surface area contributed by atoms with Gasteiger partial charge in [0.05, 0.1) is 23.5 Å². The van der Waals surface area contributed by atoms with E-state index in [0.29, 0.717) is 36.5 Å². The molecule has 14 heteroatoms. The lowest BCUT2D eigenvalue weighted by Gasteiger charge is -2.36. The van der Waals surface area contributed by atoms with E-state index in [2.05, 4.69) is 9.80 Å². The van der Waals surface area contributed by atoms with E-state index in [4.69, 9.17) is 9.52 Å². The molecular formula is C37H44Cl2F3N3O5S. The Balaban J connectivity index is 0.000000291. The van der Waals surface area contributed by atoms with Gasteiger partial charge in [0, 0.05) is 66.8 Å². The first-order chi connectivity index (χ1) is 23.3. The quantitative estimate of drug-likeness (QED) is 0.153. The van der Waals surface area contributed by atoms with Crippen LogP contribution in [0.25, 0.3) is 11.0 Å². The van der Waals surface area contributed by atoms with Gasteiger partial charge < -0.3 is 29.5 Å². The second kappa shape index (κ2) is 18.4. The Hall–Kier alpha value is -3.39. The monoisotopic (exact) mass is 769 g/mol. The molecule has 3 N–H and O–H groups in total. The maximum Gasteiger partial charge on any atom is 0.416 e. The standard InChI is InChI=1S/C22H26F3N3OS.C15H16O4.2ClH/c23-22(24,25)17-6-7-21-19(16-17)28(18-4-1-2-5-20(18)30-21)9-3-8-26-10-12-27(13-11-26)14-15-29;1-8(2)4-5-10-11(16)7-13-14(15(10)18)12(17)6-9(3)19-13;;/h1-2,4-7,16,29H,3,8-15H2;4,6-7,16,18H,5H2,1-3H3;2*1H. The number of hydrogen-bond donors (Lipinski definition) is 3. The minimum atomic E-state index is -4.35. The number of β-amino-alcohol motifs (C(OH)–C–C–N with tert-alkyl or cyclic N) is 1. The van der Waals surface area contributed by atoms with Gasteiger partial charge in [-0.05, 0) is 70.5 Å². The normalized spacial score (nSPS) is 14.4. The Morgan fingerprint density at radius 3 is 2.20 bits per heavy atom. The Bertz CT molecular complexity index is 1880. The number of allylic oxidation sites excluding steroid dienone is 2. The van der Waals surface area contributed by atoms with E-state index in [0.717, 1.165) is 60.2 Å². The van der Waals surface area contributed by atoms with Gasteiger partial charge in [0.15, 0.2) is 5.43 Å². The third kappa shape index (κ3) is 10.4. The van der Waals surface area contributed by atoms with Crippen molar-refractivity contribution in [3.63, 3.8) is 0 Å². The van der Waals surface area contributed by atoms with Crippen molar-refractivity contribution in [1.29, 1.82) is 0 Å². The van der Waals surface area contributed by atoms with Crippen molar-refractivity contribution < 1.29 is 32.9 Å². The van der Waals surface area contributed by atoms with Crippen molar-refractivity contribution in [1.82, 2.24) is 9.80 Å². The highest BCUT2D eigenvalue weighted by Crippen LogP contribution is 2.49. The molecule has 0 aliphatic carbocycles. The van der Waals surface area contributed by atoms with Crippen LogP contribution in [0, 0.1) is 6.92 Å². The highest BCUT2D eigenvalue weighted by atomic mass is 35.5. The van der Waals surface area contributed by atoms with Gasteiger partial charge >= 0.3 is 6.18 Å². The molecule has 4 aromatic rings. The summed E-state index contributed by atoms with van der Waals surface area (Å²) in [5, 5.41) is 29.3. The second-order valence-corrected chi connectivity index (χ2v) is 13.5. The number of benzene rings is 3. The van der Waals surface area contributed by atoms with Gasteiger partial charge in [0.1, 0.15) is 28.2 Å². The minimum Gasteiger partial charge on any atom is -0.507 e. The van der Waals surface area contributed by atoms with Crippen molar-refractivity contribution in [3.8, 4) is 11.5 Å². The number of aromatic hydroxyl groups is 2. The number of alkyl halides is 3. The van der Waals surface area contributed by atoms with Crippen molar-refractivity contribution in [3.05, 3.63) is 93.4 Å². The SMILES string of the molecule is CC(C)=CCc1c(O)cc2oc(C)cc(=O)c2c1O.Cl.Cl.OCCN1CCN(CCCN2c3ccccc3Sc3ccc(C(F)(F)F)cc32)CC1. The number of hydrogen-bond acceptors (Lipinski definition) is 9. The zero-order valence-electron chi connectivity index (χ0n) is 28.7. The van der Waals surface area contributed by atoms with Crippen LogP contribution >= 0.6 is 36.6 Å². The van der Waals surface area contributed by atoms with Gasteiger partial charge in [0.25, 0.3) is 0 Å². The molecular weight excluding hydrogens is 726 g/mol. The molecule has 0 radical (unpaired) electrons. The van der Waals surface area contributed by atoms with Crippen LogP contribution in [-0.4, -0.2) is 77.5 Å². The van der Waals surface area contributed by atoms with E-state index >= 15 is 0 Å². The van der Waals surface area contributed by atoms with Crippen LogP contribution < -0.4 is 10.3 Å². The van der Waals surface area contributed by atoms with E-state index in [9.17, 15) is 28.2 Å². The number of nitrogens with zero attached hydrogens (tertiary/aromatic N) is 3. The molecule has 0 bridgehead atoms. The van der Waals surface area contributed by atoms with Gasteiger partial charge in [-0.2, -0.15) is 13.2 Å². The van der Waals surface area contributed by atoms with Crippen molar-refractivity contribution in [2.75, 3.05) is 57.3 Å². The van der Waals surface area contributed by atoms with Gasteiger partial charge in [-0.15, -0.1) is 24.8 Å². The van der Waals surface area contributed by atoms with Crippen LogP contribution in [-0.2, 0) is 12.6 Å². The third-order valence-corrected chi connectivity index (χ3v) is 9.73. The predicted molar refractivity (Wildman–Crippen MR) is 202 cm³/mol. The number of piperazine rings is 1. The highest BCUT2D eigenvalue weighted by Gasteiger charge is 2.33. The molecule has 51 heavy (non-hydrogen) atoms. The molecule has 6 rings (SSSR count). The zero-order valence-corrected chi connectivity index (χ0v) is 31.2. The van der Waals surface area contributed by atoms with Crippen LogP contribution in [0.3, 0.4) is 0 Å². The lowest BCUT2D eigenvalue weighted by atomic mass is 10.0. The fraction of sp³-hybridized carbons (Fsp3) is 0.378. The number of rotatable bonds is 8. The summed E-state index contributed by atoms with van der Waals surface area (Å²) in [7, 11) is 0. The van der Waals surface area contributed by atoms with Crippen molar-refractivity contribution >= 4 is 58.9 Å². The Labute approximate surface area is 312 Å². The molecule has 2 aliphatic heterocycles. The van der Waals surface area contributed by atoms with Gasteiger partial charge in [0.2, 0.25) is 0 Å². The van der Waals surface area contributed by atoms with E-state index in [-0.39, 0.29) is 59.3 Å². The zero-order chi connectivity index (χ0) is 35.3. The number of para-hydroxylation sites is 1. The number of fused-ring (bicyclic) bond motifs is 3. The van der Waals surface area contributed by atoms with Gasteiger partial charge in [-0.25, -0.2) is 0 Å². The van der Waals surface area contributed by atoms with E-state index < -0.39 is 11.7 Å². The number of aliphatic hydroxyl groups excluding tert-OH is 1. The molecule has 8 nitrogen and oxygen atoms in total. The molecule has 3 aromatic carbocycles. The first-order valence-electron chi connectivity index (χ1n) is 16.3. The molecule has 1 fully saturated rings. The summed E-state index contributed by atoms with van der Waals surface area (Å²) in [6.07, 6.45) is -1.25. The topological polar surface area (TPSA) is 101 Å². The maximum absolute atomic E-state index is 13.3. The molecule has 0 unspecified atom stereocenters. The smallest absolute Gasteiger partial charge is 0.416 e. The number of anilines is 2. The van der Waals surface area contributed by atoms with E-state index in [1.807, 2.05) is 49.1 Å². The summed E-state index contributed by atoms with van der Waals surface area (Å²) in [5.41, 5.74) is 2.30. The molecule has 3 heterocycles. The highest BCUT2D eigenvalue weighted by molar-refractivity contribution is 7.99. The van der Waals surface area contributed by atoms with Crippen LogP contribution in [0.2, 0.25) is 0 Å². The molecule has 0 atom stereocenters. The fourth-order valence-corrected chi connectivity index (χ4v) is 7.11. The maximum atomic E-state index is 13.3. The molecule has 2 aliphatic rings. The predicted octanol–water partition coefficient (Wildman–Crippen LogP) is 8.17. The second-order valence-electron chi connectivity index (χ2n) is 12.5. The van der Waals surface area contributed by atoms with Crippen molar-refractivity contribution in [2.24, 2.45) is 0 Å². The molecule has 1 saturated heterocycles. The third-order valence-electron chi connectivity index (χ3n) is 8.60. The van der Waals surface area contributed by atoms with Crippen LogP contribution in [0.1, 0.15) is 37.2 Å². The van der Waals surface area contributed by atoms with Crippen LogP contribution in [0.4, 0.5) is 24.5 Å². The Morgan fingerprint density at radius 2 is 1.55 bits per heavy atom. The minimum absolute atomic E-state index is 0. The van der Waals surface area contributed by atoms with Gasteiger partial charge in [-0.1, -0.05) is 35.5 Å². The average molecular weight is 771 g/mol. The average Bonchev–Trinajstić information content (AvgIpc) is 3.04. The Morgan fingerprint density at radius 1 is 0.902 bits per heavy atom. The first-order valence-corrected chi connectivity index (χ1v) is 17.1. The lowest BCUT2D eigenvalue weighted by Crippen LogP contribution is -2.47. The molecule has 0 amide bonds. The van der Waals surface area contributed by atoms with Crippen molar-refractivity contribution in [2.45, 2.75) is 49.6 Å². The van der Waals surface area contributed by atoms with Crippen LogP contribution in [0.5, 0.6) is 11.5 Å². The lowest BCUT2D eigenvalue weighted by molar-refractivity contribution is -0.137. The summed E-state index contributed by atoms with van der Waals surface area (Å²) in [5.74, 6) is 0.158. The summed E-state index contributed by atoms with van der Waals surface area (Å²) in [6, 6.07) is 14.6. The van der Waals surface area contributed by atoms with Crippen LogP contribution in [0.15, 0.2) is 85.2 Å². The van der Waals surface area contributed by atoms with E-state index in [1.54, 1.807) is 13.0 Å². The number of aryl methyl sites for hydroxylation is 1. The van der Waals surface area contributed by atoms with Gasteiger partial charge in [-0.3, -0.25) is 9.69 Å². The number of phenolic OH excluding ortho intramolecular Hbond substituents is 2. The molecule has 1 aromatic heterocycles. The molecule has 278 valence electrons. The van der Waals surface area contributed by atoms with E-state index in [1.165, 1.54) is 36.0 Å². The number of halogens is 5. The molecule has 0 spiro atoms. The molecule has 0 saturated carbocycles. The first kappa shape index (κ1) is 42.0.